The normalized spacial score (nSPS) is 14.7. The third-order valence-corrected chi connectivity index (χ3v) is 4.58. The Balaban J connectivity index is 1.59. The lowest BCUT2D eigenvalue weighted by molar-refractivity contribution is 0.0882. The molecule has 8 heteroatoms. The zero-order valence-corrected chi connectivity index (χ0v) is 15.0. The molecule has 0 fully saturated rings. The number of nitrogens with zero attached hydrogens (tertiary/aromatic N) is 2. The number of carbonyl (C=O) groups excluding carboxylic acids is 1. The standard InChI is InChI=1S/C19H19N3O5/c1-3-11(2)16(20-18(23)14-5-4-8-24-14)19-21-17(22-27-19)12-6-7-13-15(9-12)26-10-25-13/h4-9,11,16H,3,10H2,1-2H3,(H,20,23)/t11-,16+/m1/s1. The van der Waals surface area contributed by atoms with Crippen molar-refractivity contribution in [3.8, 4) is 22.9 Å². The number of carbonyl (C=O) groups is 1. The maximum atomic E-state index is 12.4. The van der Waals surface area contributed by atoms with Crippen molar-refractivity contribution in [1.82, 2.24) is 15.5 Å². The average Bonchev–Trinajstić information content (AvgIpc) is 3.45. The number of benzene rings is 1. The number of hydrogen-bond acceptors (Lipinski definition) is 7. The molecule has 0 saturated heterocycles. The summed E-state index contributed by atoms with van der Waals surface area (Å²) < 4.78 is 21.3. The molecule has 3 heterocycles. The van der Waals surface area contributed by atoms with E-state index in [4.69, 9.17) is 18.4 Å². The summed E-state index contributed by atoms with van der Waals surface area (Å²) in [7, 11) is 0. The van der Waals surface area contributed by atoms with Crippen LogP contribution in [0.5, 0.6) is 11.5 Å². The van der Waals surface area contributed by atoms with Crippen LogP contribution in [0.1, 0.15) is 42.8 Å². The van der Waals surface area contributed by atoms with Crippen LogP contribution in [0.15, 0.2) is 45.5 Å². The first-order valence-corrected chi connectivity index (χ1v) is 8.73. The molecular weight excluding hydrogens is 350 g/mol. The van der Waals surface area contributed by atoms with Gasteiger partial charge in [0.05, 0.1) is 6.26 Å². The van der Waals surface area contributed by atoms with Crippen LogP contribution in [-0.2, 0) is 0 Å². The molecule has 0 saturated carbocycles. The summed E-state index contributed by atoms with van der Waals surface area (Å²) in [6.07, 6.45) is 2.28. The fraction of sp³-hybridized carbons (Fsp3) is 0.316. The molecule has 140 valence electrons. The lowest BCUT2D eigenvalue weighted by atomic mass is 9.99. The minimum atomic E-state index is -0.428. The van der Waals surface area contributed by atoms with Gasteiger partial charge in [0.2, 0.25) is 18.5 Å². The molecule has 1 amide bonds. The predicted octanol–water partition coefficient (Wildman–Crippen LogP) is 3.58. The molecule has 3 aromatic rings. The second-order valence-electron chi connectivity index (χ2n) is 6.34. The van der Waals surface area contributed by atoms with Gasteiger partial charge in [-0.05, 0) is 36.2 Å². The van der Waals surface area contributed by atoms with E-state index >= 15 is 0 Å². The number of ether oxygens (including phenoxy) is 2. The molecule has 4 rings (SSSR count). The van der Waals surface area contributed by atoms with E-state index in [1.165, 1.54) is 6.26 Å². The van der Waals surface area contributed by atoms with Crippen molar-refractivity contribution < 1.29 is 23.2 Å². The Morgan fingerprint density at radius 1 is 1.26 bits per heavy atom. The third kappa shape index (κ3) is 3.38. The van der Waals surface area contributed by atoms with Crippen LogP contribution in [0.4, 0.5) is 0 Å². The summed E-state index contributed by atoms with van der Waals surface area (Å²) in [4.78, 5) is 16.9. The molecule has 0 radical (unpaired) electrons. The smallest absolute Gasteiger partial charge is 0.287 e. The first-order valence-electron chi connectivity index (χ1n) is 8.73. The zero-order chi connectivity index (χ0) is 18.8. The van der Waals surface area contributed by atoms with E-state index in [2.05, 4.69) is 15.5 Å². The molecule has 0 bridgehead atoms. The zero-order valence-electron chi connectivity index (χ0n) is 15.0. The number of nitrogens with one attached hydrogen (secondary N) is 1. The largest absolute Gasteiger partial charge is 0.459 e. The summed E-state index contributed by atoms with van der Waals surface area (Å²) in [5.41, 5.74) is 0.745. The van der Waals surface area contributed by atoms with Gasteiger partial charge in [0.15, 0.2) is 17.3 Å². The lowest BCUT2D eigenvalue weighted by Crippen LogP contribution is -2.32. The Kier molecular flexibility index (Phi) is 4.53. The molecule has 1 aliphatic heterocycles. The number of aromatic nitrogens is 2. The molecule has 2 aromatic heterocycles. The Labute approximate surface area is 155 Å². The number of rotatable bonds is 6. The van der Waals surface area contributed by atoms with Gasteiger partial charge in [-0.15, -0.1) is 0 Å². The van der Waals surface area contributed by atoms with Crippen molar-refractivity contribution in [2.75, 3.05) is 6.79 Å². The van der Waals surface area contributed by atoms with Crippen molar-refractivity contribution in [2.45, 2.75) is 26.3 Å². The van der Waals surface area contributed by atoms with Gasteiger partial charge in [0, 0.05) is 5.56 Å². The Morgan fingerprint density at radius 2 is 2.11 bits per heavy atom. The van der Waals surface area contributed by atoms with Gasteiger partial charge in [-0.2, -0.15) is 4.98 Å². The Bertz CT molecular complexity index is 935. The molecule has 27 heavy (non-hydrogen) atoms. The molecule has 0 spiro atoms. The van der Waals surface area contributed by atoms with Gasteiger partial charge >= 0.3 is 0 Å². The quantitative estimate of drug-likeness (QED) is 0.709. The van der Waals surface area contributed by atoms with E-state index < -0.39 is 6.04 Å². The number of furan rings is 1. The molecule has 1 aromatic carbocycles. The summed E-state index contributed by atoms with van der Waals surface area (Å²) in [6.45, 7) is 4.24. The minimum Gasteiger partial charge on any atom is -0.459 e. The monoisotopic (exact) mass is 369 g/mol. The molecular formula is C19H19N3O5. The van der Waals surface area contributed by atoms with E-state index in [9.17, 15) is 4.79 Å². The fourth-order valence-electron chi connectivity index (χ4n) is 2.82. The van der Waals surface area contributed by atoms with Crippen molar-refractivity contribution in [2.24, 2.45) is 5.92 Å². The molecule has 2 atom stereocenters. The third-order valence-electron chi connectivity index (χ3n) is 4.58. The average molecular weight is 369 g/mol. The predicted molar refractivity (Wildman–Crippen MR) is 94.2 cm³/mol. The summed E-state index contributed by atoms with van der Waals surface area (Å²) in [5.74, 6) is 2.09. The van der Waals surface area contributed by atoms with Crippen LogP contribution in [0.3, 0.4) is 0 Å². The molecule has 1 aliphatic rings. The SMILES string of the molecule is CC[C@@H](C)[C@H](NC(=O)c1ccco1)c1nc(-c2ccc3c(c2)OCO3)no1. The van der Waals surface area contributed by atoms with Gasteiger partial charge < -0.3 is 23.7 Å². The molecule has 8 nitrogen and oxygen atoms in total. The molecule has 0 unspecified atom stereocenters. The topological polar surface area (TPSA) is 99.6 Å². The number of hydrogen-bond donors (Lipinski definition) is 1. The van der Waals surface area contributed by atoms with Gasteiger partial charge in [0.25, 0.3) is 5.91 Å². The highest BCUT2D eigenvalue weighted by atomic mass is 16.7. The van der Waals surface area contributed by atoms with E-state index in [0.717, 1.165) is 12.0 Å². The van der Waals surface area contributed by atoms with Crippen LogP contribution >= 0.6 is 0 Å². The Morgan fingerprint density at radius 3 is 2.89 bits per heavy atom. The van der Waals surface area contributed by atoms with Crippen molar-refractivity contribution in [3.63, 3.8) is 0 Å². The highest BCUT2D eigenvalue weighted by molar-refractivity contribution is 5.91. The van der Waals surface area contributed by atoms with Gasteiger partial charge in [-0.1, -0.05) is 25.4 Å². The van der Waals surface area contributed by atoms with E-state index in [1.54, 1.807) is 24.3 Å². The van der Waals surface area contributed by atoms with Crippen LogP contribution in [-0.4, -0.2) is 22.8 Å². The van der Waals surface area contributed by atoms with E-state index in [1.807, 2.05) is 19.9 Å². The lowest BCUT2D eigenvalue weighted by Gasteiger charge is -2.20. The summed E-state index contributed by atoms with van der Waals surface area (Å²) in [6, 6.07) is 8.28. The number of fused-ring (bicyclic) bond motifs is 1. The second-order valence-corrected chi connectivity index (χ2v) is 6.34. The highest BCUT2D eigenvalue weighted by Crippen LogP contribution is 2.35. The van der Waals surface area contributed by atoms with E-state index in [0.29, 0.717) is 23.2 Å². The second kappa shape index (κ2) is 7.14. The fourth-order valence-corrected chi connectivity index (χ4v) is 2.82. The number of amides is 1. The van der Waals surface area contributed by atoms with Crippen molar-refractivity contribution in [1.29, 1.82) is 0 Å². The van der Waals surface area contributed by atoms with Crippen molar-refractivity contribution in [3.05, 3.63) is 48.2 Å². The minimum absolute atomic E-state index is 0.0916. The van der Waals surface area contributed by atoms with Crippen molar-refractivity contribution >= 4 is 5.91 Å². The van der Waals surface area contributed by atoms with Gasteiger partial charge in [0.1, 0.15) is 6.04 Å². The van der Waals surface area contributed by atoms with Crippen LogP contribution < -0.4 is 14.8 Å². The summed E-state index contributed by atoms with van der Waals surface area (Å²) in [5, 5.41) is 6.98. The van der Waals surface area contributed by atoms with E-state index in [-0.39, 0.29) is 24.4 Å². The van der Waals surface area contributed by atoms with Crippen LogP contribution in [0.25, 0.3) is 11.4 Å². The first kappa shape index (κ1) is 17.1. The van der Waals surface area contributed by atoms with Crippen LogP contribution in [0.2, 0.25) is 0 Å². The first-order chi connectivity index (χ1) is 13.2. The van der Waals surface area contributed by atoms with Gasteiger partial charge in [-0.25, -0.2) is 0 Å². The maximum Gasteiger partial charge on any atom is 0.287 e. The molecule has 0 aliphatic carbocycles. The molecule has 1 N–H and O–H groups in total. The summed E-state index contributed by atoms with van der Waals surface area (Å²) >= 11 is 0. The van der Waals surface area contributed by atoms with Crippen LogP contribution in [0, 0.1) is 5.92 Å². The highest BCUT2D eigenvalue weighted by Gasteiger charge is 2.28. The maximum absolute atomic E-state index is 12.4. The Hall–Kier alpha value is -3.29. The van der Waals surface area contributed by atoms with Gasteiger partial charge in [-0.3, -0.25) is 4.79 Å².